The molecule has 12 heteroatoms. The minimum Gasteiger partial charge on any atom is -0.493 e. The molecule has 1 amide bonds. The average molecular weight is 694 g/mol. The third-order valence-corrected chi connectivity index (χ3v) is 9.85. The van der Waals surface area contributed by atoms with Gasteiger partial charge in [-0.15, -0.1) is 0 Å². The summed E-state index contributed by atoms with van der Waals surface area (Å²) in [6.07, 6.45) is 5.83. The average Bonchev–Trinajstić information content (AvgIpc) is 3.76. The summed E-state index contributed by atoms with van der Waals surface area (Å²) in [4.78, 5) is 47.7. The Morgan fingerprint density at radius 3 is 2.53 bits per heavy atom. The van der Waals surface area contributed by atoms with Crippen LogP contribution in [0.3, 0.4) is 0 Å². The zero-order valence-electron chi connectivity index (χ0n) is 25.5. The molecule has 0 bridgehead atoms. The van der Waals surface area contributed by atoms with Crippen LogP contribution in [0.1, 0.15) is 43.9 Å². The highest BCUT2D eigenvalue weighted by Crippen LogP contribution is 2.40. The molecular formula is C33H33BrN4O6S. The van der Waals surface area contributed by atoms with Gasteiger partial charge in [0.25, 0.3) is 5.56 Å². The first kappa shape index (κ1) is 30.8. The van der Waals surface area contributed by atoms with Gasteiger partial charge in [0.05, 0.1) is 42.7 Å². The van der Waals surface area contributed by atoms with E-state index < -0.39 is 12.0 Å². The Bertz CT molecular complexity index is 2040. The molecule has 234 valence electrons. The number of nitrogens with zero attached hydrogens (tertiary/aromatic N) is 4. The number of ether oxygens (including phenoxy) is 3. The van der Waals surface area contributed by atoms with Gasteiger partial charge >= 0.3 is 5.97 Å². The lowest BCUT2D eigenvalue weighted by atomic mass is 9.95. The lowest BCUT2D eigenvalue weighted by Gasteiger charge is -2.26. The number of esters is 1. The molecule has 0 radical (unpaired) electrons. The van der Waals surface area contributed by atoms with Crippen LogP contribution in [-0.2, 0) is 20.9 Å². The number of hydrogen-bond acceptors (Lipinski definition) is 8. The summed E-state index contributed by atoms with van der Waals surface area (Å²) in [5, 5.41) is 0.931. The van der Waals surface area contributed by atoms with E-state index >= 15 is 0 Å². The summed E-state index contributed by atoms with van der Waals surface area (Å²) < 4.78 is 21.1. The summed E-state index contributed by atoms with van der Waals surface area (Å²) in [5.74, 6) is 0.484. The van der Waals surface area contributed by atoms with Crippen LogP contribution in [0.2, 0.25) is 0 Å². The predicted octanol–water partition coefficient (Wildman–Crippen LogP) is 4.16. The first-order valence-corrected chi connectivity index (χ1v) is 16.3. The topological polar surface area (TPSA) is 104 Å². The van der Waals surface area contributed by atoms with Crippen molar-refractivity contribution in [3.63, 3.8) is 0 Å². The number of fused-ring (bicyclic) bond motifs is 2. The molecule has 0 unspecified atom stereocenters. The van der Waals surface area contributed by atoms with E-state index in [4.69, 9.17) is 19.2 Å². The highest BCUT2D eigenvalue weighted by atomic mass is 79.9. The van der Waals surface area contributed by atoms with E-state index in [1.807, 2.05) is 46.0 Å². The monoisotopic (exact) mass is 692 g/mol. The van der Waals surface area contributed by atoms with Crippen LogP contribution in [0.25, 0.3) is 17.0 Å². The number of methoxy groups -OCH3 is 2. The first-order valence-electron chi connectivity index (χ1n) is 14.7. The van der Waals surface area contributed by atoms with Crippen LogP contribution in [0.4, 0.5) is 0 Å². The number of hydrogen-bond donors (Lipinski definition) is 0. The number of likely N-dealkylation sites (tertiary alicyclic amines) is 1. The highest BCUT2D eigenvalue weighted by molar-refractivity contribution is 9.10. The molecule has 0 saturated carbocycles. The fourth-order valence-electron chi connectivity index (χ4n) is 6.04. The molecule has 0 N–H and O–H groups in total. The van der Waals surface area contributed by atoms with E-state index in [0.29, 0.717) is 36.6 Å². The van der Waals surface area contributed by atoms with Gasteiger partial charge in [-0.2, -0.15) is 0 Å². The van der Waals surface area contributed by atoms with Crippen molar-refractivity contribution < 1.29 is 23.8 Å². The van der Waals surface area contributed by atoms with Gasteiger partial charge in [-0.3, -0.25) is 14.2 Å². The molecule has 1 saturated heterocycles. The van der Waals surface area contributed by atoms with E-state index in [9.17, 15) is 14.4 Å². The molecule has 2 aromatic heterocycles. The second kappa shape index (κ2) is 12.7. The summed E-state index contributed by atoms with van der Waals surface area (Å²) in [6, 6.07) is 10.5. The zero-order chi connectivity index (χ0) is 31.8. The van der Waals surface area contributed by atoms with Gasteiger partial charge in [0.2, 0.25) is 5.91 Å². The van der Waals surface area contributed by atoms with Crippen molar-refractivity contribution in [1.82, 2.24) is 14.0 Å². The number of thiazole rings is 1. The Morgan fingerprint density at radius 2 is 1.82 bits per heavy atom. The molecule has 0 spiro atoms. The van der Waals surface area contributed by atoms with E-state index in [-0.39, 0.29) is 30.2 Å². The number of benzene rings is 2. The van der Waals surface area contributed by atoms with Gasteiger partial charge in [0.1, 0.15) is 6.54 Å². The second-order valence-corrected chi connectivity index (χ2v) is 12.7. The van der Waals surface area contributed by atoms with Crippen molar-refractivity contribution in [1.29, 1.82) is 0 Å². The molecule has 4 heterocycles. The summed E-state index contributed by atoms with van der Waals surface area (Å²) in [6.45, 7) is 5.46. The Hall–Kier alpha value is -4.16. The van der Waals surface area contributed by atoms with Crippen LogP contribution >= 0.6 is 27.3 Å². The zero-order valence-corrected chi connectivity index (χ0v) is 27.9. The lowest BCUT2D eigenvalue weighted by molar-refractivity contribution is -0.139. The molecule has 2 aliphatic heterocycles. The minimum absolute atomic E-state index is 0.0849. The van der Waals surface area contributed by atoms with Crippen molar-refractivity contribution in [3.8, 4) is 11.5 Å². The van der Waals surface area contributed by atoms with Crippen molar-refractivity contribution in [2.45, 2.75) is 39.3 Å². The third kappa shape index (κ3) is 5.61. The largest absolute Gasteiger partial charge is 0.493 e. The number of amides is 1. The van der Waals surface area contributed by atoms with Gasteiger partial charge < -0.3 is 23.7 Å². The van der Waals surface area contributed by atoms with Crippen LogP contribution in [0.15, 0.2) is 68.1 Å². The van der Waals surface area contributed by atoms with E-state index in [2.05, 4.69) is 15.9 Å². The smallest absolute Gasteiger partial charge is 0.338 e. The molecule has 1 fully saturated rings. The molecule has 10 nitrogen and oxygen atoms in total. The van der Waals surface area contributed by atoms with E-state index in [1.54, 1.807) is 33.1 Å². The Morgan fingerprint density at radius 1 is 1.11 bits per heavy atom. The molecular weight excluding hydrogens is 660 g/mol. The number of allylic oxidation sites excluding steroid dienone is 1. The number of carbonyl (C=O) groups is 2. The Labute approximate surface area is 272 Å². The first-order chi connectivity index (χ1) is 21.7. The molecule has 1 atom stereocenters. The molecule has 2 aromatic carbocycles. The molecule has 45 heavy (non-hydrogen) atoms. The van der Waals surface area contributed by atoms with Gasteiger partial charge in [-0.05, 0) is 56.5 Å². The Kier molecular flexibility index (Phi) is 8.69. The van der Waals surface area contributed by atoms with Gasteiger partial charge in [0.15, 0.2) is 16.3 Å². The van der Waals surface area contributed by atoms with Gasteiger partial charge in [0, 0.05) is 40.2 Å². The van der Waals surface area contributed by atoms with Crippen molar-refractivity contribution in [3.05, 3.63) is 89.2 Å². The van der Waals surface area contributed by atoms with Crippen LogP contribution in [-0.4, -0.2) is 59.8 Å². The number of aromatic nitrogens is 2. The summed E-state index contributed by atoms with van der Waals surface area (Å²) >= 11 is 4.89. The van der Waals surface area contributed by atoms with Crippen molar-refractivity contribution in [2.24, 2.45) is 4.99 Å². The number of rotatable bonds is 8. The fourth-order valence-corrected chi connectivity index (χ4v) is 7.62. The third-order valence-electron chi connectivity index (χ3n) is 8.18. The van der Waals surface area contributed by atoms with Crippen LogP contribution in [0.5, 0.6) is 11.5 Å². The number of carbonyl (C=O) groups excluding carboxylic acids is 2. The van der Waals surface area contributed by atoms with Crippen LogP contribution in [0, 0.1) is 0 Å². The van der Waals surface area contributed by atoms with Gasteiger partial charge in [-0.1, -0.05) is 45.5 Å². The van der Waals surface area contributed by atoms with Crippen molar-refractivity contribution in [2.75, 3.05) is 33.9 Å². The molecule has 0 aliphatic carbocycles. The van der Waals surface area contributed by atoms with Gasteiger partial charge in [-0.25, -0.2) is 9.79 Å². The summed E-state index contributed by atoms with van der Waals surface area (Å²) in [5.41, 5.74) is 2.78. The molecule has 6 rings (SSSR count). The van der Waals surface area contributed by atoms with Crippen molar-refractivity contribution >= 4 is 56.1 Å². The van der Waals surface area contributed by atoms with E-state index in [1.165, 1.54) is 23.0 Å². The second-order valence-electron chi connectivity index (χ2n) is 10.8. The lowest BCUT2D eigenvalue weighted by Crippen LogP contribution is -2.40. The molecule has 2 aliphatic rings. The maximum Gasteiger partial charge on any atom is 0.338 e. The SMILES string of the molecule is CCOC(=O)C1=C(C)N=c2s/c(=C/c3cn(CC(=O)N4CCCC4)c4ccccc34)c(=O)n2[C@H]1c1cc(OC)c(OC)cc1Br. The number of halogens is 1. The summed E-state index contributed by atoms with van der Waals surface area (Å²) in [7, 11) is 3.07. The Balaban J connectivity index is 1.52. The minimum atomic E-state index is -0.837. The standard InChI is InChI=1S/C33H33BrN4O6S/c1-5-44-32(41)29-19(2)35-33-38(30(29)22-15-25(42-3)26(43-4)16-23(22)34)31(40)27(45-33)14-20-17-37(24-11-7-6-10-21(20)24)18-28(39)36-12-8-9-13-36/h6-7,10-11,14-17,30H,5,8-9,12-13,18H2,1-4H3/b27-14+/t30-/m0/s1. The number of para-hydroxylation sites is 1. The maximum atomic E-state index is 14.3. The molecule has 4 aromatic rings. The maximum absolute atomic E-state index is 14.3. The highest BCUT2D eigenvalue weighted by Gasteiger charge is 2.35. The predicted molar refractivity (Wildman–Crippen MR) is 175 cm³/mol. The normalized spacial score (nSPS) is 16.6. The quantitative estimate of drug-likeness (QED) is 0.257. The van der Waals surface area contributed by atoms with Crippen LogP contribution < -0.4 is 24.4 Å². The van der Waals surface area contributed by atoms with E-state index in [0.717, 1.165) is 42.4 Å². The fraction of sp³-hybridized carbons (Fsp3) is 0.333.